The third-order valence-electron chi connectivity index (χ3n) is 2.80. The van der Waals surface area contributed by atoms with Gasteiger partial charge in [0.25, 0.3) is 5.88 Å². The van der Waals surface area contributed by atoms with E-state index in [9.17, 15) is 31.1 Å². The number of pyridine rings is 1. The van der Waals surface area contributed by atoms with Crippen molar-refractivity contribution >= 4 is 5.97 Å². The Morgan fingerprint density at radius 2 is 1.69 bits per heavy atom. The number of ether oxygens (including phenoxy) is 2. The van der Waals surface area contributed by atoms with Gasteiger partial charge in [0.05, 0.1) is 5.56 Å². The first kappa shape index (κ1) is 19.3. The lowest BCUT2D eigenvalue weighted by Gasteiger charge is -2.16. The minimum atomic E-state index is -5.23. The van der Waals surface area contributed by atoms with Crippen LogP contribution in [-0.4, -0.2) is 28.8 Å². The van der Waals surface area contributed by atoms with Gasteiger partial charge < -0.3 is 14.6 Å². The van der Waals surface area contributed by atoms with Crippen molar-refractivity contribution in [1.82, 2.24) is 4.98 Å². The SMILES string of the molecule is O=C(O)c1cc(Oc2ccccc2)c(OCC(F)(F)F)nc1C(F)(F)F. The molecule has 2 aromatic rings. The Labute approximate surface area is 141 Å². The van der Waals surface area contributed by atoms with Crippen LogP contribution in [0.4, 0.5) is 26.3 Å². The molecule has 0 atom stereocenters. The normalized spacial score (nSPS) is 11.9. The highest BCUT2D eigenvalue weighted by Gasteiger charge is 2.39. The second-order valence-electron chi connectivity index (χ2n) is 4.81. The molecule has 0 radical (unpaired) electrons. The molecule has 1 aromatic carbocycles. The Morgan fingerprint density at radius 1 is 1.08 bits per heavy atom. The first-order valence-corrected chi connectivity index (χ1v) is 6.75. The van der Waals surface area contributed by atoms with Gasteiger partial charge in [0, 0.05) is 6.07 Å². The number of nitrogens with zero attached hydrogens (tertiary/aromatic N) is 1. The highest BCUT2D eigenvalue weighted by molar-refractivity contribution is 5.90. The molecule has 1 aromatic heterocycles. The summed E-state index contributed by atoms with van der Waals surface area (Å²) < 4.78 is 85.4. The first-order valence-electron chi connectivity index (χ1n) is 6.75. The predicted octanol–water partition coefficient (Wildman–Crippen LogP) is 4.53. The van der Waals surface area contributed by atoms with E-state index in [0.717, 1.165) is 0 Å². The van der Waals surface area contributed by atoms with Gasteiger partial charge >= 0.3 is 18.3 Å². The molecule has 0 saturated heterocycles. The van der Waals surface area contributed by atoms with Gasteiger partial charge in [-0.3, -0.25) is 0 Å². The summed E-state index contributed by atoms with van der Waals surface area (Å²) in [5.74, 6) is -3.79. The molecule has 1 N–H and O–H groups in total. The fourth-order valence-electron chi connectivity index (χ4n) is 1.80. The second kappa shape index (κ2) is 7.10. The Morgan fingerprint density at radius 3 is 2.19 bits per heavy atom. The average molecular weight is 381 g/mol. The third-order valence-corrected chi connectivity index (χ3v) is 2.80. The average Bonchev–Trinajstić information content (AvgIpc) is 2.52. The maximum atomic E-state index is 13.0. The van der Waals surface area contributed by atoms with Crippen LogP contribution in [0.15, 0.2) is 36.4 Å². The first-order chi connectivity index (χ1) is 12.0. The summed E-state index contributed by atoms with van der Waals surface area (Å²) in [7, 11) is 0. The predicted molar refractivity (Wildman–Crippen MR) is 74.3 cm³/mol. The van der Waals surface area contributed by atoms with E-state index < -0.39 is 47.8 Å². The summed E-state index contributed by atoms with van der Waals surface area (Å²) in [5, 5.41) is 8.95. The van der Waals surface area contributed by atoms with Crippen molar-refractivity contribution in [3.63, 3.8) is 0 Å². The van der Waals surface area contributed by atoms with Crippen molar-refractivity contribution in [2.75, 3.05) is 6.61 Å². The highest BCUT2D eigenvalue weighted by Crippen LogP contribution is 2.38. The van der Waals surface area contributed by atoms with Crippen LogP contribution >= 0.6 is 0 Å². The number of hydrogen-bond acceptors (Lipinski definition) is 4. The fraction of sp³-hybridized carbons (Fsp3) is 0.200. The topological polar surface area (TPSA) is 68.7 Å². The molecule has 0 aliphatic rings. The van der Waals surface area contributed by atoms with Crippen LogP contribution in [0.25, 0.3) is 0 Å². The maximum absolute atomic E-state index is 13.0. The molecule has 5 nitrogen and oxygen atoms in total. The number of carboxylic acids is 1. The zero-order valence-electron chi connectivity index (χ0n) is 12.6. The molecule has 1 heterocycles. The summed E-state index contributed by atoms with van der Waals surface area (Å²) in [4.78, 5) is 14.0. The molecule has 0 aliphatic carbocycles. The number of alkyl halides is 6. The molecule has 2 rings (SSSR count). The van der Waals surface area contributed by atoms with Gasteiger partial charge in [-0.25, -0.2) is 9.78 Å². The lowest BCUT2D eigenvalue weighted by molar-refractivity contribution is -0.155. The molecule has 0 aliphatic heterocycles. The number of benzene rings is 1. The van der Waals surface area contributed by atoms with Gasteiger partial charge in [-0.15, -0.1) is 0 Å². The molecule has 0 saturated carbocycles. The highest BCUT2D eigenvalue weighted by atomic mass is 19.4. The van der Waals surface area contributed by atoms with Gasteiger partial charge in [-0.2, -0.15) is 26.3 Å². The van der Waals surface area contributed by atoms with Crippen LogP contribution < -0.4 is 9.47 Å². The number of aromatic carboxylic acids is 1. The molecule has 0 unspecified atom stereocenters. The van der Waals surface area contributed by atoms with Crippen molar-refractivity contribution in [2.45, 2.75) is 12.4 Å². The van der Waals surface area contributed by atoms with Gasteiger partial charge in [-0.05, 0) is 12.1 Å². The van der Waals surface area contributed by atoms with E-state index in [1.807, 2.05) is 0 Å². The van der Waals surface area contributed by atoms with E-state index >= 15 is 0 Å². The summed E-state index contributed by atoms with van der Waals surface area (Å²) in [6.07, 6.45) is -10.1. The van der Waals surface area contributed by atoms with Crippen LogP contribution in [0.1, 0.15) is 16.1 Å². The number of hydrogen-bond donors (Lipinski definition) is 1. The molecule has 26 heavy (non-hydrogen) atoms. The Bertz CT molecular complexity index is 789. The molecule has 11 heteroatoms. The van der Waals surface area contributed by atoms with Crippen molar-refractivity contribution in [2.24, 2.45) is 0 Å². The molecule has 0 bridgehead atoms. The third kappa shape index (κ3) is 5.01. The minimum absolute atomic E-state index is 0.0299. The van der Waals surface area contributed by atoms with E-state index in [2.05, 4.69) is 9.72 Å². The van der Waals surface area contributed by atoms with E-state index in [1.54, 1.807) is 6.07 Å². The van der Waals surface area contributed by atoms with E-state index in [1.165, 1.54) is 24.3 Å². The number of rotatable bonds is 5. The second-order valence-corrected chi connectivity index (χ2v) is 4.81. The standard InChI is InChI=1S/C15H9F6NO4/c16-14(17,18)7-25-12-10(26-8-4-2-1-3-5-8)6-9(13(23)24)11(22-12)15(19,20)21/h1-6H,7H2,(H,23,24). The van der Waals surface area contributed by atoms with Gasteiger partial charge in [0.2, 0.25) is 0 Å². The molecule has 140 valence electrons. The molecular weight excluding hydrogens is 372 g/mol. The van der Waals surface area contributed by atoms with Crippen LogP contribution in [0.3, 0.4) is 0 Å². The Balaban J connectivity index is 2.54. The number of aromatic nitrogens is 1. The van der Waals surface area contributed by atoms with Crippen molar-refractivity contribution < 1.29 is 45.7 Å². The van der Waals surface area contributed by atoms with Crippen LogP contribution in [0.2, 0.25) is 0 Å². The number of para-hydroxylation sites is 1. The van der Waals surface area contributed by atoms with Gasteiger partial charge in [-0.1, -0.05) is 18.2 Å². The smallest absolute Gasteiger partial charge is 0.434 e. The van der Waals surface area contributed by atoms with Gasteiger partial charge in [0.1, 0.15) is 5.75 Å². The van der Waals surface area contributed by atoms with Crippen molar-refractivity contribution in [3.8, 4) is 17.4 Å². The van der Waals surface area contributed by atoms with Crippen molar-refractivity contribution in [1.29, 1.82) is 0 Å². The molecule has 0 spiro atoms. The van der Waals surface area contributed by atoms with E-state index in [4.69, 9.17) is 9.84 Å². The fourth-order valence-corrected chi connectivity index (χ4v) is 1.80. The Kier molecular flexibility index (Phi) is 5.28. The number of carbonyl (C=O) groups is 1. The Hall–Kier alpha value is -2.98. The van der Waals surface area contributed by atoms with E-state index in [-0.39, 0.29) is 5.75 Å². The van der Waals surface area contributed by atoms with Crippen LogP contribution in [0, 0.1) is 0 Å². The molecule has 0 amide bonds. The zero-order chi connectivity index (χ0) is 19.5. The lowest BCUT2D eigenvalue weighted by Crippen LogP contribution is -2.22. The quantitative estimate of drug-likeness (QED) is 0.771. The summed E-state index contributed by atoms with van der Waals surface area (Å²) in [5.41, 5.74) is -3.19. The largest absolute Gasteiger partial charge is 0.478 e. The monoisotopic (exact) mass is 381 g/mol. The summed E-state index contributed by atoms with van der Waals surface area (Å²) >= 11 is 0. The maximum Gasteiger partial charge on any atom is 0.434 e. The van der Waals surface area contributed by atoms with Gasteiger partial charge in [0.15, 0.2) is 18.1 Å². The zero-order valence-corrected chi connectivity index (χ0v) is 12.6. The molecule has 0 fully saturated rings. The number of halogens is 6. The van der Waals surface area contributed by atoms with Crippen molar-refractivity contribution in [3.05, 3.63) is 47.7 Å². The van der Waals surface area contributed by atoms with Crippen LogP contribution in [-0.2, 0) is 6.18 Å². The van der Waals surface area contributed by atoms with Crippen LogP contribution in [0.5, 0.6) is 17.4 Å². The minimum Gasteiger partial charge on any atom is -0.478 e. The summed E-state index contributed by atoms with van der Waals surface area (Å²) in [6, 6.07) is 7.68. The lowest BCUT2D eigenvalue weighted by atomic mass is 10.1. The molecular formula is C15H9F6NO4. The number of carboxylic acid groups (broad SMARTS) is 1. The van der Waals surface area contributed by atoms with E-state index in [0.29, 0.717) is 6.07 Å². The summed E-state index contributed by atoms with van der Waals surface area (Å²) in [6.45, 7) is -1.94.